The molecule has 0 saturated heterocycles. The summed E-state index contributed by atoms with van der Waals surface area (Å²) in [7, 11) is 0. The second-order valence-electron chi connectivity index (χ2n) is 4.95. The van der Waals surface area contributed by atoms with Crippen molar-refractivity contribution in [3.05, 3.63) is 0 Å². The van der Waals surface area contributed by atoms with Crippen LogP contribution in [0.15, 0.2) is 0 Å². The molecule has 0 aliphatic heterocycles. The van der Waals surface area contributed by atoms with Crippen LogP contribution in [-0.4, -0.2) is 12.6 Å². The van der Waals surface area contributed by atoms with Gasteiger partial charge in [0, 0.05) is 12.5 Å². The molecule has 1 heteroatoms. The first-order valence-corrected chi connectivity index (χ1v) is 7.52. The van der Waals surface area contributed by atoms with Crippen molar-refractivity contribution >= 4 is 0 Å². The molecule has 17 heavy (non-hydrogen) atoms. The maximum atomic E-state index is 5.34. The molecular formula is C16H31N. The van der Waals surface area contributed by atoms with Gasteiger partial charge in [0.2, 0.25) is 0 Å². The Morgan fingerprint density at radius 3 is 2.29 bits per heavy atom. The lowest BCUT2D eigenvalue weighted by Crippen LogP contribution is -2.29. The minimum absolute atomic E-state index is 0.650. The summed E-state index contributed by atoms with van der Waals surface area (Å²) in [5.41, 5.74) is 0. The van der Waals surface area contributed by atoms with Crippen LogP contribution in [0.25, 0.3) is 0 Å². The molecule has 0 radical (unpaired) electrons. The Hall–Kier alpha value is -0.480. The van der Waals surface area contributed by atoms with Crippen LogP contribution in [0.5, 0.6) is 0 Å². The number of hydrogen-bond donors (Lipinski definition) is 1. The first-order chi connectivity index (χ1) is 8.35. The average molecular weight is 237 g/mol. The zero-order chi connectivity index (χ0) is 12.8. The highest BCUT2D eigenvalue weighted by molar-refractivity contribution is 4.85. The SMILES string of the molecule is C#CCCC(CCCCCCCC)NCCC. The van der Waals surface area contributed by atoms with Gasteiger partial charge in [-0.1, -0.05) is 52.4 Å². The van der Waals surface area contributed by atoms with E-state index in [0.29, 0.717) is 6.04 Å². The molecule has 0 heterocycles. The van der Waals surface area contributed by atoms with Crippen molar-refractivity contribution in [3.8, 4) is 12.3 Å². The Bertz CT molecular complexity index is 180. The highest BCUT2D eigenvalue weighted by atomic mass is 14.9. The van der Waals surface area contributed by atoms with Gasteiger partial charge in [0.25, 0.3) is 0 Å². The number of terminal acetylenes is 1. The summed E-state index contributed by atoms with van der Waals surface area (Å²) in [6.07, 6.45) is 18.2. The molecule has 1 N–H and O–H groups in total. The van der Waals surface area contributed by atoms with E-state index in [9.17, 15) is 0 Å². The van der Waals surface area contributed by atoms with Gasteiger partial charge >= 0.3 is 0 Å². The van der Waals surface area contributed by atoms with Crippen LogP contribution in [-0.2, 0) is 0 Å². The number of nitrogens with one attached hydrogen (secondary N) is 1. The average Bonchev–Trinajstić information content (AvgIpc) is 2.35. The fourth-order valence-corrected chi connectivity index (χ4v) is 2.13. The second-order valence-corrected chi connectivity index (χ2v) is 4.95. The Labute approximate surface area is 109 Å². The van der Waals surface area contributed by atoms with Gasteiger partial charge in [0.15, 0.2) is 0 Å². The lowest BCUT2D eigenvalue weighted by atomic mass is 10.0. The Morgan fingerprint density at radius 2 is 1.65 bits per heavy atom. The van der Waals surface area contributed by atoms with Crippen molar-refractivity contribution in [2.75, 3.05) is 6.54 Å². The molecule has 0 aromatic heterocycles. The normalized spacial score (nSPS) is 12.3. The van der Waals surface area contributed by atoms with E-state index in [1.807, 2.05) is 0 Å². The molecule has 0 aliphatic carbocycles. The van der Waals surface area contributed by atoms with E-state index < -0.39 is 0 Å². The third kappa shape index (κ3) is 11.8. The molecular weight excluding hydrogens is 206 g/mol. The standard InChI is InChI=1S/C16H31N/c1-4-7-9-10-11-12-14-16(13-8-5-2)17-15-6-3/h2,16-17H,4,6-15H2,1,3H3. The first kappa shape index (κ1) is 16.5. The molecule has 1 unspecified atom stereocenters. The van der Waals surface area contributed by atoms with Gasteiger partial charge < -0.3 is 5.32 Å². The Balaban J connectivity index is 3.50. The van der Waals surface area contributed by atoms with Crippen LogP contribution in [0.4, 0.5) is 0 Å². The minimum Gasteiger partial charge on any atom is -0.314 e. The molecule has 0 aromatic carbocycles. The maximum absolute atomic E-state index is 5.34. The van der Waals surface area contributed by atoms with Crippen LogP contribution < -0.4 is 5.32 Å². The van der Waals surface area contributed by atoms with E-state index in [4.69, 9.17) is 6.42 Å². The van der Waals surface area contributed by atoms with Gasteiger partial charge in [0.05, 0.1) is 0 Å². The summed E-state index contributed by atoms with van der Waals surface area (Å²) in [6.45, 7) is 5.62. The molecule has 100 valence electrons. The topological polar surface area (TPSA) is 12.0 Å². The smallest absolute Gasteiger partial charge is 0.0101 e. The molecule has 0 amide bonds. The summed E-state index contributed by atoms with van der Waals surface area (Å²) in [6, 6.07) is 0.650. The number of unbranched alkanes of at least 4 members (excludes halogenated alkanes) is 5. The molecule has 0 spiro atoms. The quantitative estimate of drug-likeness (QED) is 0.389. The highest BCUT2D eigenvalue weighted by Gasteiger charge is 2.06. The number of rotatable bonds is 12. The van der Waals surface area contributed by atoms with Crippen LogP contribution in [0.1, 0.15) is 78.1 Å². The fraction of sp³-hybridized carbons (Fsp3) is 0.875. The van der Waals surface area contributed by atoms with Crippen molar-refractivity contribution in [1.82, 2.24) is 5.32 Å². The van der Waals surface area contributed by atoms with Gasteiger partial charge in [-0.25, -0.2) is 0 Å². The fourth-order valence-electron chi connectivity index (χ4n) is 2.13. The molecule has 1 nitrogen and oxygen atoms in total. The van der Waals surface area contributed by atoms with Gasteiger partial charge in [0.1, 0.15) is 0 Å². The van der Waals surface area contributed by atoms with Gasteiger partial charge in [-0.05, 0) is 25.8 Å². The highest BCUT2D eigenvalue weighted by Crippen LogP contribution is 2.11. The van der Waals surface area contributed by atoms with E-state index in [1.165, 1.54) is 51.4 Å². The summed E-state index contributed by atoms with van der Waals surface area (Å²) >= 11 is 0. The van der Waals surface area contributed by atoms with Crippen molar-refractivity contribution in [3.63, 3.8) is 0 Å². The molecule has 0 aliphatic rings. The van der Waals surface area contributed by atoms with Gasteiger partial charge in [-0.2, -0.15) is 0 Å². The van der Waals surface area contributed by atoms with Crippen molar-refractivity contribution < 1.29 is 0 Å². The predicted octanol–water partition coefficient (Wildman–Crippen LogP) is 4.52. The molecule has 0 fully saturated rings. The first-order valence-electron chi connectivity index (χ1n) is 7.52. The largest absolute Gasteiger partial charge is 0.314 e. The Kier molecular flexibility index (Phi) is 13.2. The maximum Gasteiger partial charge on any atom is 0.0101 e. The van der Waals surface area contributed by atoms with Gasteiger partial charge in [-0.3, -0.25) is 0 Å². The van der Waals surface area contributed by atoms with Crippen LogP contribution in [0.2, 0.25) is 0 Å². The summed E-state index contributed by atoms with van der Waals surface area (Å²) < 4.78 is 0. The second kappa shape index (κ2) is 13.6. The van der Waals surface area contributed by atoms with E-state index in [2.05, 4.69) is 25.1 Å². The molecule has 1 atom stereocenters. The van der Waals surface area contributed by atoms with Crippen LogP contribution in [0, 0.1) is 12.3 Å². The van der Waals surface area contributed by atoms with Crippen LogP contribution >= 0.6 is 0 Å². The lowest BCUT2D eigenvalue weighted by molar-refractivity contribution is 0.434. The molecule has 0 bridgehead atoms. The molecule has 0 rings (SSSR count). The monoisotopic (exact) mass is 237 g/mol. The zero-order valence-corrected chi connectivity index (χ0v) is 11.9. The molecule has 0 aromatic rings. The van der Waals surface area contributed by atoms with Crippen molar-refractivity contribution in [1.29, 1.82) is 0 Å². The predicted molar refractivity (Wildman–Crippen MR) is 78.1 cm³/mol. The minimum atomic E-state index is 0.650. The van der Waals surface area contributed by atoms with Crippen molar-refractivity contribution in [2.24, 2.45) is 0 Å². The van der Waals surface area contributed by atoms with E-state index in [1.54, 1.807) is 0 Å². The lowest BCUT2D eigenvalue weighted by Gasteiger charge is -2.17. The van der Waals surface area contributed by atoms with Crippen molar-refractivity contribution in [2.45, 2.75) is 84.1 Å². The van der Waals surface area contributed by atoms with E-state index in [0.717, 1.165) is 19.4 Å². The van der Waals surface area contributed by atoms with E-state index >= 15 is 0 Å². The zero-order valence-electron chi connectivity index (χ0n) is 11.9. The van der Waals surface area contributed by atoms with Gasteiger partial charge in [-0.15, -0.1) is 12.3 Å². The summed E-state index contributed by atoms with van der Waals surface area (Å²) in [4.78, 5) is 0. The van der Waals surface area contributed by atoms with E-state index in [-0.39, 0.29) is 0 Å². The number of hydrogen-bond acceptors (Lipinski definition) is 1. The Morgan fingerprint density at radius 1 is 0.941 bits per heavy atom. The van der Waals surface area contributed by atoms with Crippen LogP contribution in [0.3, 0.4) is 0 Å². The third-order valence-corrected chi connectivity index (χ3v) is 3.23. The molecule has 0 saturated carbocycles. The summed E-state index contributed by atoms with van der Waals surface area (Å²) in [5.74, 6) is 2.75. The summed E-state index contributed by atoms with van der Waals surface area (Å²) in [5, 5.41) is 3.61. The third-order valence-electron chi connectivity index (χ3n) is 3.23.